The Balaban J connectivity index is 1.41. The fourth-order valence-electron chi connectivity index (χ4n) is 6.82. The van der Waals surface area contributed by atoms with E-state index >= 15 is 0 Å². The smallest absolute Gasteiger partial charge is 0.415 e. The monoisotopic (exact) mass is 546 g/mol. The van der Waals surface area contributed by atoms with E-state index < -0.39 is 24.1 Å². The number of nitrogens with zero attached hydrogens (tertiary/aromatic N) is 2. The number of carbonyl (C=O) groups is 3. The number of esters is 1. The summed E-state index contributed by atoms with van der Waals surface area (Å²) >= 11 is 0. The number of fused-ring (bicyclic) bond motifs is 1. The minimum Gasteiger partial charge on any atom is -0.464 e. The first-order valence-corrected chi connectivity index (χ1v) is 14.8. The molecule has 0 spiro atoms. The zero-order chi connectivity index (χ0) is 28.4. The van der Waals surface area contributed by atoms with Crippen molar-refractivity contribution < 1.29 is 23.9 Å². The van der Waals surface area contributed by atoms with Gasteiger partial charge in [0.05, 0.1) is 18.3 Å². The third-order valence-corrected chi connectivity index (χ3v) is 9.01. The molecular formula is C33H42N2O5. The van der Waals surface area contributed by atoms with Gasteiger partial charge >= 0.3 is 12.1 Å². The molecular weight excluding hydrogens is 504 g/mol. The molecule has 1 saturated heterocycles. The summed E-state index contributed by atoms with van der Waals surface area (Å²) < 4.78 is 11.5. The third kappa shape index (κ3) is 5.61. The topological polar surface area (TPSA) is 76.2 Å². The summed E-state index contributed by atoms with van der Waals surface area (Å²) in [4.78, 5) is 44.5. The Kier molecular flexibility index (Phi) is 8.20. The van der Waals surface area contributed by atoms with E-state index in [1.807, 2.05) is 54.6 Å². The molecule has 0 radical (unpaired) electrons. The molecule has 0 unspecified atom stereocenters. The van der Waals surface area contributed by atoms with Gasteiger partial charge in [-0.1, -0.05) is 69.3 Å². The fraction of sp³-hybridized carbons (Fsp3) is 0.545. The van der Waals surface area contributed by atoms with Crippen LogP contribution < -0.4 is 4.90 Å². The molecule has 5 rings (SSSR count). The van der Waals surface area contributed by atoms with E-state index in [2.05, 4.69) is 20.8 Å². The standard InChI is InChI=1S/C33H42N2O5/c1-5-39-31(37)28-20-19-27(22-11-7-6-8-12-22)34(28)30(36)29-21-23-13-9-10-14-26(23)35(29)32(38)40-25-17-15-24(16-18-25)33(2,3)4/h6-14,24-25,27-29H,5,15-21H2,1-4H3/t24?,25?,27-,28+,29+/m0/s1. The lowest BCUT2D eigenvalue weighted by Crippen LogP contribution is -2.53. The van der Waals surface area contributed by atoms with Crippen LogP contribution in [0, 0.1) is 11.3 Å². The quantitative estimate of drug-likeness (QED) is 0.403. The minimum absolute atomic E-state index is 0.161. The van der Waals surface area contributed by atoms with Crippen LogP contribution in [0.1, 0.15) is 83.4 Å². The average Bonchev–Trinajstić information content (AvgIpc) is 3.56. The van der Waals surface area contributed by atoms with Crippen LogP contribution in [0.4, 0.5) is 10.5 Å². The van der Waals surface area contributed by atoms with Gasteiger partial charge in [-0.15, -0.1) is 0 Å². The highest BCUT2D eigenvalue weighted by Gasteiger charge is 2.49. The highest BCUT2D eigenvalue weighted by Crippen LogP contribution is 2.42. The summed E-state index contributed by atoms with van der Waals surface area (Å²) in [6, 6.07) is 15.7. The molecule has 3 atom stereocenters. The van der Waals surface area contributed by atoms with Crippen LogP contribution in [0.5, 0.6) is 0 Å². The Morgan fingerprint density at radius 3 is 2.20 bits per heavy atom. The number of rotatable bonds is 5. The molecule has 214 valence electrons. The van der Waals surface area contributed by atoms with Crippen LogP contribution in [0.15, 0.2) is 54.6 Å². The van der Waals surface area contributed by atoms with E-state index in [0.717, 1.165) is 36.8 Å². The lowest BCUT2D eigenvalue weighted by molar-refractivity contribution is -0.154. The number of amides is 2. The minimum atomic E-state index is -0.781. The molecule has 0 bridgehead atoms. The number of hydrogen-bond donors (Lipinski definition) is 0. The van der Waals surface area contributed by atoms with Crippen molar-refractivity contribution in [2.45, 2.75) is 96.9 Å². The van der Waals surface area contributed by atoms with Gasteiger partial charge < -0.3 is 14.4 Å². The largest absolute Gasteiger partial charge is 0.464 e. The molecule has 1 saturated carbocycles. The summed E-state index contributed by atoms with van der Waals surface area (Å²) in [5, 5.41) is 0. The molecule has 2 amide bonds. The number of benzene rings is 2. The summed E-state index contributed by atoms with van der Waals surface area (Å²) in [7, 11) is 0. The van der Waals surface area contributed by atoms with Crippen LogP contribution in [-0.4, -0.2) is 47.7 Å². The van der Waals surface area contributed by atoms with Crippen molar-refractivity contribution in [3.63, 3.8) is 0 Å². The maximum atomic E-state index is 14.4. The van der Waals surface area contributed by atoms with Crippen molar-refractivity contribution >= 4 is 23.7 Å². The fourth-order valence-corrected chi connectivity index (χ4v) is 6.82. The summed E-state index contributed by atoms with van der Waals surface area (Å²) in [6.07, 6.45) is 4.61. The van der Waals surface area contributed by atoms with E-state index in [1.54, 1.807) is 11.8 Å². The van der Waals surface area contributed by atoms with Crippen molar-refractivity contribution in [1.82, 2.24) is 4.90 Å². The van der Waals surface area contributed by atoms with Gasteiger partial charge in [-0.3, -0.25) is 9.69 Å². The van der Waals surface area contributed by atoms with Crippen LogP contribution in [0.3, 0.4) is 0 Å². The van der Waals surface area contributed by atoms with Crippen molar-refractivity contribution in [3.05, 3.63) is 65.7 Å². The van der Waals surface area contributed by atoms with E-state index in [0.29, 0.717) is 30.9 Å². The molecule has 3 aliphatic rings. The van der Waals surface area contributed by atoms with Gasteiger partial charge in [0.15, 0.2) is 0 Å². The molecule has 2 heterocycles. The first kappa shape index (κ1) is 28.2. The first-order chi connectivity index (χ1) is 19.2. The Morgan fingerprint density at radius 2 is 1.52 bits per heavy atom. The number of para-hydroxylation sites is 1. The van der Waals surface area contributed by atoms with Gasteiger partial charge in [-0.25, -0.2) is 9.59 Å². The normalized spacial score (nSPS) is 26.4. The number of anilines is 1. The van der Waals surface area contributed by atoms with Gasteiger partial charge in [0.25, 0.3) is 0 Å². The zero-order valence-electron chi connectivity index (χ0n) is 24.2. The maximum Gasteiger partial charge on any atom is 0.415 e. The molecule has 7 nitrogen and oxygen atoms in total. The van der Waals surface area contributed by atoms with Gasteiger partial charge in [-0.2, -0.15) is 0 Å². The van der Waals surface area contributed by atoms with Crippen LogP contribution in [0.2, 0.25) is 0 Å². The predicted octanol–water partition coefficient (Wildman–Crippen LogP) is 6.45. The Labute approximate surface area is 237 Å². The van der Waals surface area contributed by atoms with Crippen molar-refractivity contribution in [2.75, 3.05) is 11.5 Å². The second-order valence-corrected chi connectivity index (χ2v) is 12.5. The molecule has 40 heavy (non-hydrogen) atoms. The lowest BCUT2D eigenvalue weighted by Gasteiger charge is -2.38. The van der Waals surface area contributed by atoms with E-state index in [1.165, 1.54) is 4.90 Å². The average molecular weight is 547 g/mol. The SMILES string of the molecule is CCOC(=O)[C@H]1CC[C@@H](c2ccccc2)N1C(=O)[C@H]1Cc2ccccc2N1C(=O)OC1CCC(C(C)(C)C)CC1. The molecule has 0 aromatic heterocycles. The Bertz CT molecular complexity index is 1210. The highest BCUT2D eigenvalue weighted by atomic mass is 16.6. The van der Waals surface area contributed by atoms with Crippen LogP contribution >= 0.6 is 0 Å². The van der Waals surface area contributed by atoms with Gasteiger partial charge in [0.1, 0.15) is 18.2 Å². The van der Waals surface area contributed by atoms with Crippen molar-refractivity contribution in [3.8, 4) is 0 Å². The number of ether oxygens (including phenoxy) is 2. The zero-order valence-corrected chi connectivity index (χ0v) is 24.2. The number of hydrogen-bond acceptors (Lipinski definition) is 5. The predicted molar refractivity (Wildman–Crippen MR) is 154 cm³/mol. The van der Waals surface area contributed by atoms with Crippen molar-refractivity contribution in [1.29, 1.82) is 0 Å². The van der Waals surface area contributed by atoms with E-state index in [-0.39, 0.29) is 30.1 Å². The molecule has 7 heteroatoms. The molecule has 2 aliphatic heterocycles. The van der Waals surface area contributed by atoms with Gasteiger partial charge in [0, 0.05) is 6.42 Å². The molecule has 2 aromatic carbocycles. The van der Waals surface area contributed by atoms with Crippen molar-refractivity contribution in [2.24, 2.45) is 11.3 Å². The summed E-state index contributed by atoms with van der Waals surface area (Å²) in [6.45, 7) is 8.83. The highest BCUT2D eigenvalue weighted by molar-refractivity contribution is 6.01. The number of likely N-dealkylation sites (tertiary alicyclic amines) is 1. The van der Waals surface area contributed by atoms with Crippen LogP contribution in [-0.2, 0) is 25.5 Å². The Morgan fingerprint density at radius 1 is 0.850 bits per heavy atom. The van der Waals surface area contributed by atoms with E-state index in [9.17, 15) is 14.4 Å². The van der Waals surface area contributed by atoms with E-state index in [4.69, 9.17) is 9.47 Å². The summed E-state index contributed by atoms with van der Waals surface area (Å²) in [5.41, 5.74) is 2.85. The molecule has 2 aromatic rings. The maximum absolute atomic E-state index is 14.4. The van der Waals surface area contributed by atoms with Gasteiger partial charge in [0.2, 0.25) is 5.91 Å². The first-order valence-electron chi connectivity index (χ1n) is 14.8. The second kappa shape index (κ2) is 11.6. The third-order valence-electron chi connectivity index (χ3n) is 9.01. The second-order valence-electron chi connectivity index (χ2n) is 12.5. The summed E-state index contributed by atoms with van der Waals surface area (Å²) in [5.74, 6) is -0.0299. The van der Waals surface area contributed by atoms with Gasteiger partial charge in [-0.05, 0) is 74.0 Å². The molecule has 0 N–H and O–H groups in total. The molecule has 1 aliphatic carbocycles. The Hall–Kier alpha value is -3.35. The lowest BCUT2D eigenvalue weighted by atomic mass is 9.72. The molecule has 2 fully saturated rings. The number of carbonyl (C=O) groups excluding carboxylic acids is 3. The van der Waals surface area contributed by atoms with Crippen LogP contribution in [0.25, 0.3) is 0 Å².